The first-order valence-electron chi connectivity index (χ1n) is 7.16. The first kappa shape index (κ1) is 14.8. The number of benzene rings is 1. The van der Waals surface area contributed by atoms with Gasteiger partial charge in [-0.2, -0.15) is 0 Å². The predicted molar refractivity (Wildman–Crippen MR) is 81.7 cm³/mol. The van der Waals surface area contributed by atoms with Gasteiger partial charge in [-0.25, -0.2) is 0 Å². The van der Waals surface area contributed by atoms with Crippen molar-refractivity contribution in [3.63, 3.8) is 0 Å². The van der Waals surface area contributed by atoms with Gasteiger partial charge in [0.15, 0.2) is 11.5 Å². The Hall–Kier alpha value is -1.64. The summed E-state index contributed by atoms with van der Waals surface area (Å²) in [4.78, 5) is 0. The Morgan fingerprint density at radius 2 is 1.50 bits per heavy atom. The van der Waals surface area contributed by atoms with E-state index in [4.69, 9.17) is 14.2 Å². The number of fused-ring (bicyclic) bond motifs is 1. The molecule has 0 spiro atoms. The van der Waals surface area contributed by atoms with E-state index in [9.17, 15) is 0 Å². The molecule has 1 aliphatic rings. The van der Waals surface area contributed by atoms with Gasteiger partial charge in [-0.15, -0.1) is 0 Å². The Kier molecular flexibility index (Phi) is 3.98. The summed E-state index contributed by atoms with van der Waals surface area (Å²) in [6, 6.07) is 3.91. The minimum absolute atomic E-state index is 0.0923. The van der Waals surface area contributed by atoms with E-state index < -0.39 is 0 Å². The van der Waals surface area contributed by atoms with E-state index in [-0.39, 0.29) is 17.8 Å². The second-order valence-electron chi connectivity index (χ2n) is 6.21. The Labute approximate surface area is 121 Å². The molecule has 0 unspecified atom stereocenters. The van der Waals surface area contributed by atoms with Crippen molar-refractivity contribution in [2.45, 2.75) is 59.4 Å². The first-order valence-corrected chi connectivity index (χ1v) is 7.16. The smallest absolute Gasteiger partial charge is 0.165 e. The van der Waals surface area contributed by atoms with Crippen LogP contribution in [0.5, 0.6) is 17.2 Å². The highest BCUT2D eigenvalue weighted by molar-refractivity contribution is 5.66. The van der Waals surface area contributed by atoms with Crippen molar-refractivity contribution < 1.29 is 14.2 Å². The van der Waals surface area contributed by atoms with Crippen LogP contribution < -0.4 is 14.2 Å². The monoisotopic (exact) mass is 276 g/mol. The van der Waals surface area contributed by atoms with E-state index in [2.05, 4.69) is 12.2 Å². The third-order valence-corrected chi connectivity index (χ3v) is 2.84. The lowest BCUT2D eigenvalue weighted by molar-refractivity contribution is 0.155. The number of hydrogen-bond donors (Lipinski definition) is 0. The molecule has 0 atom stereocenters. The summed E-state index contributed by atoms with van der Waals surface area (Å²) in [5.41, 5.74) is 0.735. The molecule has 0 N–H and O–H groups in total. The molecule has 0 saturated carbocycles. The van der Waals surface area contributed by atoms with Gasteiger partial charge < -0.3 is 14.2 Å². The fourth-order valence-corrected chi connectivity index (χ4v) is 2.08. The van der Waals surface area contributed by atoms with E-state index in [1.807, 2.05) is 53.7 Å². The van der Waals surface area contributed by atoms with Gasteiger partial charge >= 0.3 is 0 Å². The van der Waals surface area contributed by atoms with Crippen LogP contribution in [0.15, 0.2) is 18.2 Å². The van der Waals surface area contributed by atoms with E-state index in [1.54, 1.807) is 0 Å². The lowest BCUT2D eigenvalue weighted by Crippen LogP contribution is -2.27. The van der Waals surface area contributed by atoms with E-state index in [0.29, 0.717) is 0 Å². The molecule has 0 aromatic heterocycles. The molecule has 1 aliphatic heterocycles. The minimum atomic E-state index is -0.289. The average Bonchev–Trinajstić information content (AvgIpc) is 2.28. The highest BCUT2D eigenvalue weighted by atomic mass is 16.5. The van der Waals surface area contributed by atoms with Crippen molar-refractivity contribution in [2.24, 2.45) is 0 Å². The second kappa shape index (κ2) is 5.39. The molecule has 3 heteroatoms. The van der Waals surface area contributed by atoms with Gasteiger partial charge in [0, 0.05) is 11.6 Å². The normalized spacial score (nSPS) is 16.0. The number of rotatable bonds is 4. The van der Waals surface area contributed by atoms with Gasteiger partial charge in [0.05, 0.1) is 12.2 Å². The summed E-state index contributed by atoms with van der Waals surface area (Å²) in [6.45, 7) is 12.1. The lowest BCUT2D eigenvalue weighted by Gasteiger charge is -2.29. The molecule has 0 amide bonds. The zero-order valence-corrected chi connectivity index (χ0v) is 13.2. The van der Waals surface area contributed by atoms with Crippen LogP contribution in [0, 0.1) is 0 Å². The van der Waals surface area contributed by atoms with E-state index in [0.717, 1.165) is 22.8 Å². The SMILES string of the molecule is CC(C)Oc1cc2c(cc1OC(C)C)OC(C)(C)C=C2. The second-order valence-corrected chi connectivity index (χ2v) is 6.21. The fraction of sp³-hybridized carbons (Fsp3) is 0.529. The van der Waals surface area contributed by atoms with Crippen LogP contribution in [0.4, 0.5) is 0 Å². The maximum absolute atomic E-state index is 5.98. The Bertz CT molecular complexity index is 513. The quantitative estimate of drug-likeness (QED) is 0.813. The van der Waals surface area contributed by atoms with Gasteiger partial charge in [-0.3, -0.25) is 0 Å². The molecule has 3 nitrogen and oxygen atoms in total. The summed E-state index contributed by atoms with van der Waals surface area (Å²) in [5.74, 6) is 2.34. The van der Waals surface area contributed by atoms with Crippen LogP contribution in [0.2, 0.25) is 0 Å². The van der Waals surface area contributed by atoms with E-state index >= 15 is 0 Å². The van der Waals surface area contributed by atoms with Crippen molar-refractivity contribution in [3.8, 4) is 17.2 Å². The van der Waals surface area contributed by atoms with Gasteiger partial charge in [0.25, 0.3) is 0 Å². The third kappa shape index (κ3) is 3.47. The van der Waals surface area contributed by atoms with Crippen molar-refractivity contribution >= 4 is 6.08 Å². The van der Waals surface area contributed by atoms with Gasteiger partial charge in [0.2, 0.25) is 0 Å². The molecular formula is C17H24O3. The Balaban J connectivity index is 2.42. The minimum Gasteiger partial charge on any atom is -0.487 e. The van der Waals surface area contributed by atoms with Crippen LogP contribution in [-0.4, -0.2) is 17.8 Å². The highest BCUT2D eigenvalue weighted by Gasteiger charge is 2.24. The highest BCUT2D eigenvalue weighted by Crippen LogP contribution is 2.40. The molecule has 0 aliphatic carbocycles. The fourth-order valence-electron chi connectivity index (χ4n) is 2.08. The molecular weight excluding hydrogens is 252 g/mol. The molecule has 0 radical (unpaired) electrons. The van der Waals surface area contributed by atoms with Crippen LogP contribution in [0.1, 0.15) is 47.1 Å². The Morgan fingerprint density at radius 1 is 0.950 bits per heavy atom. The molecule has 20 heavy (non-hydrogen) atoms. The summed E-state index contributed by atoms with van der Waals surface area (Å²) in [7, 11) is 0. The topological polar surface area (TPSA) is 27.7 Å². The van der Waals surface area contributed by atoms with Crippen molar-refractivity contribution in [2.75, 3.05) is 0 Å². The van der Waals surface area contributed by atoms with Crippen molar-refractivity contribution in [3.05, 3.63) is 23.8 Å². The molecule has 0 fully saturated rings. The summed E-state index contributed by atoms with van der Waals surface area (Å²) in [5, 5.41) is 0. The van der Waals surface area contributed by atoms with Crippen molar-refractivity contribution in [1.29, 1.82) is 0 Å². The molecule has 0 saturated heterocycles. The largest absolute Gasteiger partial charge is 0.487 e. The number of ether oxygens (including phenoxy) is 3. The molecule has 1 aromatic carbocycles. The standard InChI is InChI=1S/C17H24O3/c1-11(2)18-15-9-13-7-8-17(5,6)20-14(13)10-16(15)19-12(3)4/h7-12H,1-6H3. The molecule has 0 bridgehead atoms. The Morgan fingerprint density at radius 3 is 2.05 bits per heavy atom. The van der Waals surface area contributed by atoms with Gasteiger partial charge in [-0.05, 0) is 53.7 Å². The summed E-state index contributed by atoms with van der Waals surface area (Å²) in [6.07, 6.45) is 4.32. The molecule has 1 aromatic rings. The van der Waals surface area contributed by atoms with Gasteiger partial charge in [-0.1, -0.05) is 6.08 Å². The van der Waals surface area contributed by atoms with Crippen LogP contribution in [-0.2, 0) is 0 Å². The number of hydrogen-bond acceptors (Lipinski definition) is 3. The van der Waals surface area contributed by atoms with Gasteiger partial charge in [0.1, 0.15) is 11.4 Å². The maximum atomic E-state index is 5.98. The van der Waals surface area contributed by atoms with Crippen molar-refractivity contribution in [1.82, 2.24) is 0 Å². The van der Waals surface area contributed by atoms with E-state index in [1.165, 1.54) is 0 Å². The zero-order chi connectivity index (χ0) is 14.9. The maximum Gasteiger partial charge on any atom is 0.165 e. The average molecular weight is 276 g/mol. The first-order chi connectivity index (χ1) is 9.27. The molecule has 110 valence electrons. The summed E-state index contributed by atoms with van der Waals surface area (Å²) >= 11 is 0. The summed E-state index contributed by atoms with van der Waals surface area (Å²) < 4.78 is 17.7. The van der Waals surface area contributed by atoms with Crippen LogP contribution in [0.3, 0.4) is 0 Å². The molecule has 1 heterocycles. The van der Waals surface area contributed by atoms with Crippen LogP contribution in [0.25, 0.3) is 6.08 Å². The lowest BCUT2D eigenvalue weighted by atomic mass is 10.0. The zero-order valence-electron chi connectivity index (χ0n) is 13.2. The molecule has 2 rings (SSSR count). The predicted octanol–water partition coefficient (Wildman–Crippen LogP) is 4.45. The third-order valence-electron chi connectivity index (χ3n) is 2.84. The van der Waals surface area contributed by atoms with Crippen LogP contribution >= 0.6 is 0 Å².